The van der Waals surface area contributed by atoms with E-state index in [1.165, 1.54) is 5.56 Å². The molecule has 2 aromatic rings. The van der Waals surface area contributed by atoms with Crippen LogP contribution in [-0.4, -0.2) is 45.9 Å². The number of nitrogens with zero attached hydrogens (tertiary/aromatic N) is 3. The minimum absolute atomic E-state index is 0.105. The van der Waals surface area contributed by atoms with E-state index in [1.807, 2.05) is 29.3 Å². The van der Waals surface area contributed by atoms with Crippen LogP contribution in [0.1, 0.15) is 28.8 Å². The van der Waals surface area contributed by atoms with Crippen LogP contribution < -0.4 is 0 Å². The molecule has 0 aliphatic carbocycles. The number of halogens is 1. The van der Waals surface area contributed by atoms with E-state index < -0.39 is 0 Å². The Kier molecular flexibility index (Phi) is 4.25. The number of hydrogen-bond acceptors (Lipinski definition) is 3. The highest BCUT2D eigenvalue weighted by molar-refractivity contribution is 6.30. The lowest BCUT2D eigenvalue weighted by Gasteiger charge is -2.25. The Hall–Kier alpha value is -1.91. The predicted octanol–water partition coefficient (Wildman–Crippen LogP) is 3.22. The molecule has 24 heavy (non-hydrogen) atoms. The van der Waals surface area contributed by atoms with Gasteiger partial charge in [0.2, 0.25) is 0 Å². The summed E-state index contributed by atoms with van der Waals surface area (Å²) in [5.74, 6) is 0.105. The van der Waals surface area contributed by atoms with Gasteiger partial charge in [0.05, 0.1) is 0 Å². The first-order valence-corrected chi connectivity index (χ1v) is 8.79. The summed E-state index contributed by atoms with van der Waals surface area (Å²) < 4.78 is 0. The lowest BCUT2D eigenvalue weighted by molar-refractivity contribution is 0.0732. The van der Waals surface area contributed by atoms with Crippen LogP contribution in [0.4, 0.5) is 0 Å². The van der Waals surface area contributed by atoms with E-state index in [2.05, 4.69) is 16.0 Å². The van der Waals surface area contributed by atoms with Crippen LogP contribution in [0.15, 0.2) is 48.8 Å². The zero-order chi connectivity index (χ0) is 16.5. The fraction of sp³-hybridized carbons (Fsp3) is 0.368. The Morgan fingerprint density at radius 1 is 1.17 bits per heavy atom. The lowest BCUT2D eigenvalue weighted by Crippen LogP contribution is -2.39. The number of aromatic nitrogens is 1. The first kappa shape index (κ1) is 15.6. The predicted molar refractivity (Wildman–Crippen MR) is 93.9 cm³/mol. The molecule has 2 aliphatic heterocycles. The Balaban J connectivity index is 1.47. The van der Waals surface area contributed by atoms with Gasteiger partial charge in [-0.25, -0.2) is 0 Å². The van der Waals surface area contributed by atoms with Crippen molar-refractivity contribution < 1.29 is 4.79 Å². The van der Waals surface area contributed by atoms with Gasteiger partial charge < -0.3 is 4.90 Å². The van der Waals surface area contributed by atoms with Gasteiger partial charge in [-0.1, -0.05) is 23.7 Å². The number of pyridine rings is 1. The van der Waals surface area contributed by atoms with Crippen molar-refractivity contribution in [3.63, 3.8) is 0 Å². The molecule has 5 heteroatoms. The van der Waals surface area contributed by atoms with Gasteiger partial charge >= 0.3 is 0 Å². The first-order chi connectivity index (χ1) is 11.7. The molecule has 1 amide bonds. The number of benzene rings is 1. The van der Waals surface area contributed by atoms with E-state index in [0.29, 0.717) is 22.7 Å². The maximum Gasteiger partial charge on any atom is 0.254 e. The van der Waals surface area contributed by atoms with Crippen molar-refractivity contribution in [3.8, 4) is 0 Å². The van der Waals surface area contributed by atoms with E-state index in [4.69, 9.17) is 11.6 Å². The SMILES string of the molecule is O=C(c1cccc(Cl)c1)N1CC[C@H]2[C@H]1CCN2Cc1cccnc1. The molecule has 1 aromatic heterocycles. The molecule has 0 unspecified atom stereocenters. The molecule has 2 atom stereocenters. The molecule has 124 valence electrons. The second kappa shape index (κ2) is 6.54. The Labute approximate surface area is 147 Å². The molecule has 0 spiro atoms. The van der Waals surface area contributed by atoms with Crippen LogP contribution in [0.2, 0.25) is 5.02 Å². The summed E-state index contributed by atoms with van der Waals surface area (Å²) in [5.41, 5.74) is 1.92. The quantitative estimate of drug-likeness (QED) is 0.860. The van der Waals surface area contributed by atoms with E-state index in [1.54, 1.807) is 18.3 Å². The first-order valence-electron chi connectivity index (χ1n) is 8.42. The monoisotopic (exact) mass is 341 g/mol. The highest BCUT2D eigenvalue weighted by Gasteiger charge is 2.44. The maximum atomic E-state index is 12.8. The van der Waals surface area contributed by atoms with Gasteiger partial charge in [-0.15, -0.1) is 0 Å². The molecule has 2 fully saturated rings. The number of hydrogen-bond donors (Lipinski definition) is 0. The molecular formula is C19H20ClN3O. The Bertz CT molecular complexity index is 736. The Morgan fingerprint density at radius 3 is 2.83 bits per heavy atom. The summed E-state index contributed by atoms with van der Waals surface area (Å²) in [7, 11) is 0. The fourth-order valence-electron chi connectivity index (χ4n) is 4.04. The second-order valence-electron chi connectivity index (χ2n) is 6.55. The standard InChI is InChI=1S/C19H20ClN3O/c20-16-5-1-4-15(11-16)19(24)23-10-7-17-18(23)6-9-22(17)13-14-3-2-8-21-12-14/h1-5,8,11-12,17-18H,6-7,9-10,13H2/t17-,18+/m0/s1. The van der Waals surface area contributed by atoms with Gasteiger partial charge in [-0.3, -0.25) is 14.7 Å². The van der Waals surface area contributed by atoms with Crippen LogP contribution in [-0.2, 0) is 6.54 Å². The highest BCUT2D eigenvalue weighted by atomic mass is 35.5. The highest BCUT2D eigenvalue weighted by Crippen LogP contribution is 2.33. The molecule has 4 rings (SSSR count). The van der Waals surface area contributed by atoms with E-state index in [9.17, 15) is 4.79 Å². The summed E-state index contributed by atoms with van der Waals surface area (Å²) in [5, 5.41) is 0.612. The van der Waals surface area contributed by atoms with Crippen LogP contribution in [0.25, 0.3) is 0 Å². The zero-order valence-corrected chi connectivity index (χ0v) is 14.2. The van der Waals surface area contributed by atoms with Gasteiger partial charge in [-0.05, 0) is 42.7 Å². The van der Waals surface area contributed by atoms with E-state index >= 15 is 0 Å². The number of likely N-dealkylation sites (tertiary alicyclic amines) is 2. The second-order valence-corrected chi connectivity index (χ2v) is 6.99. The topological polar surface area (TPSA) is 36.4 Å². The largest absolute Gasteiger partial charge is 0.334 e. The minimum Gasteiger partial charge on any atom is -0.334 e. The fourth-order valence-corrected chi connectivity index (χ4v) is 4.23. The van der Waals surface area contributed by atoms with Crippen molar-refractivity contribution in [1.82, 2.24) is 14.8 Å². The van der Waals surface area contributed by atoms with Crippen molar-refractivity contribution >= 4 is 17.5 Å². The van der Waals surface area contributed by atoms with Gasteiger partial charge in [-0.2, -0.15) is 0 Å². The van der Waals surface area contributed by atoms with Gasteiger partial charge in [0.15, 0.2) is 0 Å². The average Bonchev–Trinajstić information content (AvgIpc) is 3.18. The third-order valence-corrected chi connectivity index (χ3v) is 5.37. The molecule has 2 saturated heterocycles. The smallest absolute Gasteiger partial charge is 0.254 e. The molecule has 0 radical (unpaired) electrons. The summed E-state index contributed by atoms with van der Waals surface area (Å²) in [6, 6.07) is 12.1. The van der Waals surface area contributed by atoms with Crippen molar-refractivity contribution in [2.45, 2.75) is 31.5 Å². The van der Waals surface area contributed by atoms with Crippen LogP contribution in [0, 0.1) is 0 Å². The normalized spacial score (nSPS) is 23.5. The molecular weight excluding hydrogens is 322 g/mol. The lowest BCUT2D eigenvalue weighted by atomic mass is 10.1. The average molecular weight is 342 g/mol. The van der Waals surface area contributed by atoms with E-state index in [0.717, 1.165) is 32.5 Å². The van der Waals surface area contributed by atoms with Gasteiger partial charge in [0, 0.05) is 54.7 Å². The van der Waals surface area contributed by atoms with Gasteiger partial charge in [0.1, 0.15) is 0 Å². The molecule has 2 aliphatic rings. The molecule has 0 N–H and O–H groups in total. The van der Waals surface area contributed by atoms with Crippen molar-refractivity contribution in [3.05, 3.63) is 64.9 Å². The number of carbonyl (C=O) groups is 1. The maximum absolute atomic E-state index is 12.8. The van der Waals surface area contributed by atoms with E-state index in [-0.39, 0.29) is 5.91 Å². The van der Waals surface area contributed by atoms with Crippen molar-refractivity contribution in [1.29, 1.82) is 0 Å². The molecule has 4 nitrogen and oxygen atoms in total. The number of carbonyl (C=O) groups excluding carboxylic acids is 1. The minimum atomic E-state index is 0.105. The summed E-state index contributed by atoms with van der Waals surface area (Å²) in [6.07, 6.45) is 5.81. The van der Waals surface area contributed by atoms with Crippen LogP contribution in [0.5, 0.6) is 0 Å². The number of fused-ring (bicyclic) bond motifs is 1. The third kappa shape index (κ3) is 2.92. The van der Waals surface area contributed by atoms with Crippen LogP contribution >= 0.6 is 11.6 Å². The molecule has 1 aromatic carbocycles. The van der Waals surface area contributed by atoms with Crippen LogP contribution in [0.3, 0.4) is 0 Å². The summed E-state index contributed by atoms with van der Waals surface area (Å²) >= 11 is 6.04. The van der Waals surface area contributed by atoms with Crippen molar-refractivity contribution in [2.24, 2.45) is 0 Å². The third-order valence-electron chi connectivity index (χ3n) is 5.13. The summed E-state index contributed by atoms with van der Waals surface area (Å²) in [4.78, 5) is 21.6. The van der Waals surface area contributed by atoms with Crippen molar-refractivity contribution in [2.75, 3.05) is 13.1 Å². The number of rotatable bonds is 3. The molecule has 0 bridgehead atoms. The number of amides is 1. The summed E-state index contributed by atoms with van der Waals surface area (Å²) in [6.45, 7) is 2.77. The Morgan fingerprint density at radius 2 is 2.04 bits per heavy atom. The molecule has 3 heterocycles. The van der Waals surface area contributed by atoms with Gasteiger partial charge in [0.25, 0.3) is 5.91 Å². The molecule has 0 saturated carbocycles. The zero-order valence-electron chi connectivity index (χ0n) is 13.4.